The summed E-state index contributed by atoms with van der Waals surface area (Å²) >= 11 is 6.46. The van der Waals surface area contributed by atoms with E-state index in [2.05, 4.69) is 36.9 Å². The Hall–Kier alpha value is -4.09. The molecule has 1 aromatic heterocycles. The number of ether oxygens (including phenoxy) is 1. The minimum absolute atomic E-state index is 0.0938. The van der Waals surface area contributed by atoms with Gasteiger partial charge in [0.2, 0.25) is 11.9 Å². The van der Waals surface area contributed by atoms with Crippen molar-refractivity contribution in [1.82, 2.24) is 25.1 Å². The van der Waals surface area contributed by atoms with Crippen molar-refractivity contribution in [2.75, 3.05) is 77.5 Å². The van der Waals surface area contributed by atoms with Gasteiger partial charge in [0, 0.05) is 54.0 Å². The van der Waals surface area contributed by atoms with Crippen LogP contribution in [0.3, 0.4) is 0 Å². The van der Waals surface area contributed by atoms with Crippen molar-refractivity contribution in [3.63, 3.8) is 0 Å². The maximum atomic E-state index is 12.6. The molecule has 0 saturated heterocycles. The number of nitrogens with zero attached hydrogens (tertiary/aromatic N) is 5. The third-order valence-corrected chi connectivity index (χ3v) is 7.29. The second-order valence-corrected chi connectivity index (χ2v) is 10.6. The first-order valence-electron chi connectivity index (χ1n) is 13.3. The number of hydrogen-bond acceptors (Lipinski definition) is 9. The zero-order valence-corrected chi connectivity index (χ0v) is 25.1. The molecule has 12 heteroatoms. The topological polar surface area (TPSA) is 115 Å². The highest BCUT2D eigenvalue weighted by Crippen LogP contribution is 2.34. The van der Waals surface area contributed by atoms with E-state index in [4.69, 9.17) is 16.3 Å². The number of hydrogen-bond donors (Lipinski definition) is 3. The number of aromatic nitrogens is 2. The number of methoxy groups -OCH3 is 1. The van der Waals surface area contributed by atoms with Gasteiger partial charge < -0.3 is 30.5 Å². The van der Waals surface area contributed by atoms with E-state index in [0.29, 0.717) is 40.3 Å². The Labute approximate surface area is 245 Å². The molecule has 2 amide bonds. The van der Waals surface area contributed by atoms with Gasteiger partial charge in [0.1, 0.15) is 10.8 Å². The Balaban J connectivity index is 1.58. The summed E-state index contributed by atoms with van der Waals surface area (Å²) in [4.78, 5) is 39.6. The van der Waals surface area contributed by atoms with E-state index in [9.17, 15) is 9.59 Å². The summed E-state index contributed by atoms with van der Waals surface area (Å²) in [5, 5.41) is 9.45. The van der Waals surface area contributed by atoms with Gasteiger partial charge in [0.15, 0.2) is 5.82 Å². The van der Waals surface area contributed by atoms with Crippen molar-refractivity contribution < 1.29 is 14.3 Å². The Morgan fingerprint density at radius 3 is 2.37 bits per heavy atom. The van der Waals surface area contributed by atoms with Crippen LogP contribution in [0.15, 0.2) is 36.5 Å². The average molecular weight is 581 g/mol. The van der Waals surface area contributed by atoms with E-state index in [1.165, 1.54) is 17.3 Å². The quantitative estimate of drug-likeness (QED) is 0.349. The first-order chi connectivity index (χ1) is 19.6. The summed E-state index contributed by atoms with van der Waals surface area (Å²) in [6.07, 6.45) is 3.12. The molecule has 0 fully saturated rings. The molecule has 3 N–H and O–H groups in total. The number of nitrogens with one attached hydrogen (secondary N) is 3. The fourth-order valence-electron chi connectivity index (χ4n) is 4.56. The molecule has 3 aromatic rings. The molecule has 2 heterocycles. The highest BCUT2D eigenvalue weighted by Gasteiger charge is 2.20. The number of carbonyl (C=O) groups is 2. The lowest BCUT2D eigenvalue weighted by atomic mass is 10.0. The SMILES string of the molecule is CNC(=O)c1cc(N(C)C)ccc1Nc1nc(Nc2cc3c(cc2OC)CCN(CC(=O)N(C)C)CC3)ncc1Cl. The molecular weight excluding hydrogens is 544 g/mol. The molecule has 0 saturated carbocycles. The fourth-order valence-corrected chi connectivity index (χ4v) is 4.70. The van der Waals surface area contributed by atoms with E-state index >= 15 is 0 Å². The highest BCUT2D eigenvalue weighted by atomic mass is 35.5. The summed E-state index contributed by atoms with van der Waals surface area (Å²) in [6.45, 7) is 1.98. The van der Waals surface area contributed by atoms with Crippen LogP contribution in [0, 0.1) is 0 Å². The molecule has 0 bridgehead atoms. The normalized spacial score (nSPS) is 13.0. The third-order valence-electron chi connectivity index (χ3n) is 7.01. The van der Waals surface area contributed by atoms with Crippen molar-refractivity contribution in [3.8, 4) is 5.75 Å². The maximum Gasteiger partial charge on any atom is 0.253 e. The number of halogens is 1. The van der Waals surface area contributed by atoms with Crippen LogP contribution in [-0.2, 0) is 17.6 Å². The average Bonchev–Trinajstić information content (AvgIpc) is 3.15. The zero-order valence-electron chi connectivity index (χ0n) is 24.3. The van der Waals surface area contributed by atoms with Crippen LogP contribution in [0.5, 0.6) is 5.75 Å². The lowest BCUT2D eigenvalue weighted by molar-refractivity contribution is -0.129. The van der Waals surface area contributed by atoms with Crippen LogP contribution in [0.25, 0.3) is 0 Å². The third kappa shape index (κ3) is 7.17. The number of rotatable bonds is 9. The van der Waals surface area contributed by atoms with E-state index in [0.717, 1.165) is 37.3 Å². The summed E-state index contributed by atoms with van der Waals surface area (Å²) in [5.74, 6) is 1.18. The van der Waals surface area contributed by atoms with Gasteiger partial charge in [-0.3, -0.25) is 14.5 Å². The maximum absolute atomic E-state index is 12.6. The number of likely N-dealkylation sites (N-methyl/N-ethyl adjacent to an activating group) is 1. The van der Waals surface area contributed by atoms with Crippen LogP contribution < -0.4 is 25.6 Å². The molecule has 11 nitrogen and oxygen atoms in total. The highest BCUT2D eigenvalue weighted by molar-refractivity contribution is 6.33. The van der Waals surface area contributed by atoms with Gasteiger partial charge in [-0.25, -0.2) is 4.98 Å². The molecule has 0 unspecified atom stereocenters. The van der Waals surface area contributed by atoms with Crippen LogP contribution in [0.4, 0.5) is 28.8 Å². The van der Waals surface area contributed by atoms with Gasteiger partial charge in [0.05, 0.1) is 36.8 Å². The molecule has 41 heavy (non-hydrogen) atoms. The first kappa shape index (κ1) is 29.9. The Morgan fingerprint density at radius 2 is 1.73 bits per heavy atom. The second-order valence-electron chi connectivity index (χ2n) is 10.2. The van der Waals surface area contributed by atoms with Crippen molar-refractivity contribution in [2.24, 2.45) is 0 Å². The standard InChI is InChI=1S/C29H37ClN8O3/c1-31-28(40)21-15-20(36(2)3)7-8-23(21)33-27-22(30)16-32-29(35-27)34-24-13-18-9-11-38(17-26(39)37(4)5)12-10-19(18)14-25(24)41-6/h7-8,13-16H,9-12,17H2,1-6H3,(H,31,40)(H2,32,33,34,35). The lowest BCUT2D eigenvalue weighted by Crippen LogP contribution is -2.37. The van der Waals surface area contributed by atoms with Gasteiger partial charge in [-0.1, -0.05) is 11.6 Å². The van der Waals surface area contributed by atoms with E-state index < -0.39 is 0 Å². The molecule has 1 aliphatic rings. The van der Waals surface area contributed by atoms with Crippen LogP contribution >= 0.6 is 11.6 Å². The van der Waals surface area contributed by atoms with Crippen molar-refractivity contribution in [2.45, 2.75) is 12.8 Å². The molecule has 0 spiro atoms. The first-order valence-corrected chi connectivity index (χ1v) is 13.7. The minimum atomic E-state index is -0.237. The summed E-state index contributed by atoms with van der Waals surface area (Å²) in [5.41, 5.74) is 4.98. The monoisotopic (exact) mass is 580 g/mol. The summed E-state index contributed by atoms with van der Waals surface area (Å²) < 4.78 is 5.70. The minimum Gasteiger partial charge on any atom is -0.495 e. The molecule has 0 aliphatic carbocycles. The Bertz CT molecular complexity index is 1430. The van der Waals surface area contributed by atoms with Gasteiger partial charge in [-0.05, 0) is 54.3 Å². The Kier molecular flexibility index (Phi) is 9.51. The van der Waals surface area contributed by atoms with E-state index in [1.807, 2.05) is 37.2 Å². The number of fused-ring (bicyclic) bond motifs is 1. The van der Waals surface area contributed by atoms with Gasteiger partial charge in [-0.15, -0.1) is 0 Å². The molecule has 0 radical (unpaired) electrons. The summed E-state index contributed by atoms with van der Waals surface area (Å²) in [7, 11) is 10.6. The number of benzene rings is 2. The molecule has 4 rings (SSSR count). The van der Waals surface area contributed by atoms with Gasteiger partial charge in [-0.2, -0.15) is 4.98 Å². The van der Waals surface area contributed by atoms with Crippen LogP contribution in [-0.4, -0.2) is 93.6 Å². The van der Waals surface area contributed by atoms with E-state index in [-0.39, 0.29) is 11.8 Å². The fraction of sp³-hybridized carbons (Fsp3) is 0.379. The van der Waals surface area contributed by atoms with Crippen LogP contribution in [0.2, 0.25) is 5.02 Å². The smallest absolute Gasteiger partial charge is 0.253 e. The lowest BCUT2D eigenvalue weighted by Gasteiger charge is -2.21. The van der Waals surface area contributed by atoms with Crippen molar-refractivity contribution in [3.05, 3.63) is 58.2 Å². The Morgan fingerprint density at radius 1 is 1.02 bits per heavy atom. The predicted molar refractivity (Wildman–Crippen MR) is 163 cm³/mol. The predicted octanol–water partition coefficient (Wildman–Crippen LogP) is 3.54. The number of amides is 2. The van der Waals surface area contributed by atoms with Crippen molar-refractivity contribution in [1.29, 1.82) is 0 Å². The zero-order chi connectivity index (χ0) is 29.7. The van der Waals surface area contributed by atoms with Crippen molar-refractivity contribution >= 4 is 52.2 Å². The molecule has 0 atom stereocenters. The number of anilines is 5. The molecule has 218 valence electrons. The van der Waals surface area contributed by atoms with Crippen LogP contribution in [0.1, 0.15) is 21.5 Å². The molecule has 2 aromatic carbocycles. The molecule has 1 aliphatic heterocycles. The second kappa shape index (κ2) is 13.0. The van der Waals surface area contributed by atoms with Gasteiger partial charge in [0.25, 0.3) is 5.91 Å². The molecular formula is C29H37ClN8O3. The number of carbonyl (C=O) groups excluding carboxylic acids is 2. The van der Waals surface area contributed by atoms with Gasteiger partial charge >= 0.3 is 0 Å². The summed E-state index contributed by atoms with van der Waals surface area (Å²) in [6, 6.07) is 9.61. The largest absolute Gasteiger partial charge is 0.495 e. The van der Waals surface area contributed by atoms with E-state index in [1.54, 1.807) is 39.2 Å².